The van der Waals surface area contributed by atoms with Crippen molar-refractivity contribution in [3.8, 4) is 11.4 Å². The SMILES string of the molecule is CO[C@H]1C[C@H]2CC[C@@H](C1)N2c1nc(-c2c(C)ccc3[nH]nc(C)c23)nc2c1CN(c1cc(C(C)C)ccc1C)CC2. The Labute approximate surface area is 243 Å². The maximum Gasteiger partial charge on any atom is 0.162 e. The molecular formula is C34H42N6O. The van der Waals surface area contributed by atoms with Crippen molar-refractivity contribution in [2.24, 2.45) is 0 Å². The highest BCUT2D eigenvalue weighted by molar-refractivity contribution is 5.96. The number of anilines is 2. The molecule has 4 aromatic rings. The van der Waals surface area contributed by atoms with Gasteiger partial charge >= 0.3 is 0 Å². The van der Waals surface area contributed by atoms with Crippen molar-refractivity contribution in [3.05, 3.63) is 64.0 Å². The number of methoxy groups -OCH3 is 1. The zero-order valence-corrected chi connectivity index (χ0v) is 25.3. The van der Waals surface area contributed by atoms with Gasteiger partial charge in [0.25, 0.3) is 0 Å². The fraction of sp³-hybridized carbons (Fsp3) is 0.500. The van der Waals surface area contributed by atoms with E-state index in [0.717, 1.165) is 66.2 Å². The summed E-state index contributed by atoms with van der Waals surface area (Å²) in [5.41, 5.74) is 10.9. The van der Waals surface area contributed by atoms with E-state index in [1.807, 2.05) is 7.11 Å². The van der Waals surface area contributed by atoms with Crippen LogP contribution >= 0.6 is 0 Å². The number of piperidine rings is 1. The number of aromatic nitrogens is 4. The van der Waals surface area contributed by atoms with Gasteiger partial charge in [-0.3, -0.25) is 5.10 Å². The van der Waals surface area contributed by atoms with E-state index in [1.165, 1.54) is 46.5 Å². The van der Waals surface area contributed by atoms with Gasteiger partial charge in [0.2, 0.25) is 0 Å². The molecule has 7 rings (SSSR count). The fourth-order valence-corrected chi connectivity index (χ4v) is 7.58. The summed E-state index contributed by atoms with van der Waals surface area (Å²) in [5, 5.41) is 8.87. The Morgan fingerprint density at radius 3 is 2.46 bits per heavy atom. The Kier molecular flexibility index (Phi) is 6.53. The monoisotopic (exact) mass is 550 g/mol. The number of nitrogens with one attached hydrogen (secondary N) is 1. The molecule has 5 heterocycles. The van der Waals surface area contributed by atoms with Gasteiger partial charge in [0, 0.05) is 60.9 Å². The van der Waals surface area contributed by atoms with Gasteiger partial charge in [-0.25, -0.2) is 9.97 Å². The van der Waals surface area contributed by atoms with Crippen molar-refractivity contribution in [1.82, 2.24) is 20.2 Å². The predicted molar refractivity (Wildman–Crippen MR) is 166 cm³/mol. The number of hydrogen-bond acceptors (Lipinski definition) is 6. The molecule has 214 valence electrons. The molecule has 0 amide bonds. The minimum Gasteiger partial charge on any atom is -0.381 e. The number of benzene rings is 2. The Bertz CT molecular complexity index is 1610. The molecule has 1 N–H and O–H groups in total. The van der Waals surface area contributed by atoms with Crippen LogP contribution in [0.5, 0.6) is 0 Å². The second-order valence-corrected chi connectivity index (χ2v) is 12.8. The van der Waals surface area contributed by atoms with Gasteiger partial charge in [-0.05, 0) is 81.2 Å². The first-order valence-corrected chi connectivity index (χ1v) is 15.3. The molecule has 2 aromatic carbocycles. The number of aromatic amines is 1. The lowest BCUT2D eigenvalue weighted by atomic mass is 9.95. The lowest BCUT2D eigenvalue weighted by molar-refractivity contribution is 0.0681. The van der Waals surface area contributed by atoms with Crippen molar-refractivity contribution in [1.29, 1.82) is 0 Å². The van der Waals surface area contributed by atoms with Crippen molar-refractivity contribution < 1.29 is 4.74 Å². The quantitative estimate of drug-likeness (QED) is 0.295. The summed E-state index contributed by atoms with van der Waals surface area (Å²) in [4.78, 5) is 16.1. The van der Waals surface area contributed by atoms with Crippen molar-refractivity contribution in [3.63, 3.8) is 0 Å². The van der Waals surface area contributed by atoms with Gasteiger partial charge in [-0.2, -0.15) is 5.10 Å². The highest BCUT2D eigenvalue weighted by Gasteiger charge is 2.43. The normalized spacial score (nSPS) is 22.2. The number of fused-ring (bicyclic) bond motifs is 4. The molecule has 0 spiro atoms. The molecule has 2 bridgehead atoms. The van der Waals surface area contributed by atoms with Crippen molar-refractivity contribution in [2.75, 3.05) is 23.5 Å². The highest BCUT2D eigenvalue weighted by atomic mass is 16.5. The van der Waals surface area contributed by atoms with Crippen molar-refractivity contribution in [2.45, 2.75) is 97.4 Å². The first-order valence-electron chi connectivity index (χ1n) is 15.3. The maximum absolute atomic E-state index is 5.87. The van der Waals surface area contributed by atoms with E-state index in [1.54, 1.807) is 0 Å². The number of H-pyrrole nitrogens is 1. The molecule has 7 heteroatoms. The molecule has 7 nitrogen and oxygen atoms in total. The summed E-state index contributed by atoms with van der Waals surface area (Å²) in [5.74, 6) is 2.49. The average Bonchev–Trinajstić information content (AvgIpc) is 3.47. The molecule has 2 saturated heterocycles. The molecule has 3 aliphatic rings. The first kappa shape index (κ1) is 26.4. The van der Waals surface area contributed by atoms with E-state index in [4.69, 9.17) is 14.7 Å². The van der Waals surface area contributed by atoms with Crippen molar-refractivity contribution >= 4 is 22.4 Å². The lowest BCUT2D eigenvalue weighted by Crippen LogP contribution is -2.47. The van der Waals surface area contributed by atoms with Crippen LogP contribution in [0.2, 0.25) is 0 Å². The largest absolute Gasteiger partial charge is 0.381 e. The van der Waals surface area contributed by atoms with E-state index in [-0.39, 0.29) is 0 Å². The number of aryl methyl sites for hydroxylation is 3. The molecule has 0 unspecified atom stereocenters. The van der Waals surface area contributed by atoms with Crippen LogP contribution in [-0.2, 0) is 17.7 Å². The summed E-state index contributed by atoms with van der Waals surface area (Å²) in [6.07, 6.45) is 5.78. The first-order chi connectivity index (χ1) is 19.8. The van der Waals surface area contributed by atoms with Gasteiger partial charge in [-0.1, -0.05) is 32.0 Å². The summed E-state index contributed by atoms with van der Waals surface area (Å²) in [6.45, 7) is 12.8. The third-order valence-electron chi connectivity index (χ3n) is 9.89. The summed E-state index contributed by atoms with van der Waals surface area (Å²) in [6, 6.07) is 12.2. The second kappa shape index (κ2) is 10.1. The van der Waals surface area contributed by atoms with Crippen LogP contribution in [0.1, 0.15) is 79.1 Å². The van der Waals surface area contributed by atoms with Gasteiger partial charge < -0.3 is 14.5 Å². The van der Waals surface area contributed by atoms with E-state index < -0.39 is 0 Å². The predicted octanol–water partition coefficient (Wildman–Crippen LogP) is 6.78. The van der Waals surface area contributed by atoms with Gasteiger partial charge in [0.05, 0.1) is 23.0 Å². The minimum atomic E-state index is 0.336. The van der Waals surface area contributed by atoms with Crippen LogP contribution in [0, 0.1) is 20.8 Å². The second-order valence-electron chi connectivity index (χ2n) is 12.8. The molecule has 3 atom stereocenters. The number of ether oxygens (including phenoxy) is 1. The standard InChI is InChI=1S/C34H42N6O/c1-19(2)23-9-7-20(3)30(15-23)39-14-13-28-27(18-39)34(40-24-10-11-25(40)17-26(16-24)41-6)36-33(35-28)31-21(4)8-12-29-32(31)22(5)37-38-29/h7-9,12,15,19,24-26H,10-11,13-14,16-18H2,1-6H3,(H,37,38)/t24-,25+,26+. The molecule has 0 aliphatic carbocycles. The average molecular weight is 551 g/mol. The van der Waals surface area contributed by atoms with E-state index in [2.05, 4.69) is 84.9 Å². The van der Waals surface area contributed by atoms with E-state index in [9.17, 15) is 0 Å². The third-order valence-corrected chi connectivity index (χ3v) is 9.89. The smallest absolute Gasteiger partial charge is 0.162 e. The maximum atomic E-state index is 5.87. The fourth-order valence-electron chi connectivity index (χ4n) is 7.58. The summed E-state index contributed by atoms with van der Waals surface area (Å²) in [7, 11) is 1.87. The van der Waals surface area contributed by atoms with Crippen LogP contribution in [-0.4, -0.2) is 52.0 Å². The van der Waals surface area contributed by atoms with Crippen LogP contribution in [0.25, 0.3) is 22.3 Å². The Hall–Kier alpha value is -3.45. The van der Waals surface area contributed by atoms with Gasteiger partial charge in [0.1, 0.15) is 5.82 Å². The minimum absolute atomic E-state index is 0.336. The highest BCUT2D eigenvalue weighted by Crippen LogP contribution is 2.44. The molecular weight excluding hydrogens is 508 g/mol. The summed E-state index contributed by atoms with van der Waals surface area (Å²) < 4.78 is 5.87. The Balaban J connectivity index is 1.38. The molecule has 2 aromatic heterocycles. The third kappa shape index (κ3) is 4.40. The molecule has 2 fully saturated rings. The molecule has 0 radical (unpaired) electrons. The Morgan fingerprint density at radius 2 is 1.73 bits per heavy atom. The van der Waals surface area contributed by atoms with E-state index in [0.29, 0.717) is 24.1 Å². The number of rotatable bonds is 5. The van der Waals surface area contributed by atoms with Crippen LogP contribution < -0.4 is 9.80 Å². The van der Waals surface area contributed by atoms with Gasteiger partial charge in [-0.15, -0.1) is 0 Å². The topological polar surface area (TPSA) is 70.2 Å². The molecule has 41 heavy (non-hydrogen) atoms. The lowest BCUT2D eigenvalue weighted by Gasteiger charge is -2.42. The zero-order valence-electron chi connectivity index (χ0n) is 25.3. The number of nitrogens with zero attached hydrogens (tertiary/aromatic N) is 5. The summed E-state index contributed by atoms with van der Waals surface area (Å²) >= 11 is 0. The van der Waals surface area contributed by atoms with E-state index >= 15 is 0 Å². The number of hydrogen-bond donors (Lipinski definition) is 1. The molecule has 0 saturated carbocycles. The van der Waals surface area contributed by atoms with Gasteiger partial charge in [0.15, 0.2) is 5.82 Å². The zero-order chi connectivity index (χ0) is 28.4. The molecule has 3 aliphatic heterocycles. The van der Waals surface area contributed by atoms with Crippen LogP contribution in [0.4, 0.5) is 11.5 Å². The van der Waals surface area contributed by atoms with Crippen LogP contribution in [0.3, 0.4) is 0 Å². The Morgan fingerprint density at radius 1 is 0.976 bits per heavy atom. The van der Waals surface area contributed by atoms with Crippen LogP contribution in [0.15, 0.2) is 30.3 Å².